The number of carbonyl (C=O) groups excluding carboxylic acids is 1. The van der Waals surface area contributed by atoms with Crippen molar-refractivity contribution in [2.45, 2.75) is 38.6 Å². The summed E-state index contributed by atoms with van der Waals surface area (Å²) in [4.78, 5) is 32.4. The molecule has 0 saturated heterocycles. The van der Waals surface area contributed by atoms with Gasteiger partial charge in [0.25, 0.3) is 11.8 Å². The van der Waals surface area contributed by atoms with Gasteiger partial charge < -0.3 is 30.5 Å². The molecule has 0 aliphatic carbocycles. The summed E-state index contributed by atoms with van der Waals surface area (Å²) in [7, 11) is 1.19. The van der Waals surface area contributed by atoms with Gasteiger partial charge in [0.15, 0.2) is 17.3 Å². The molecule has 2 rings (SSSR count). The zero-order valence-electron chi connectivity index (χ0n) is 17.7. The van der Waals surface area contributed by atoms with Crippen LogP contribution in [0.4, 0.5) is 9.18 Å². The summed E-state index contributed by atoms with van der Waals surface area (Å²) in [5.41, 5.74) is -0.0305. The van der Waals surface area contributed by atoms with E-state index >= 15 is 0 Å². The maximum Gasteiger partial charge on any atom is 0.407 e. The van der Waals surface area contributed by atoms with Crippen molar-refractivity contribution in [1.82, 2.24) is 20.2 Å². The van der Waals surface area contributed by atoms with Gasteiger partial charge in [0.1, 0.15) is 11.9 Å². The van der Waals surface area contributed by atoms with Crippen LogP contribution in [-0.2, 0) is 11.3 Å². The Morgan fingerprint density at radius 2 is 1.88 bits per heavy atom. The van der Waals surface area contributed by atoms with Crippen molar-refractivity contribution in [3.05, 3.63) is 47.2 Å². The first-order valence-corrected chi connectivity index (χ1v) is 9.59. The number of nitrogens with one attached hydrogen (secondary N) is 1. The number of hydrogen-bond acceptors (Lipinski definition) is 8. The molecule has 0 saturated carbocycles. The molecule has 0 fully saturated rings. The Balaban J connectivity index is 2.32. The molecule has 32 heavy (non-hydrogen) atoms. The van der Waals surface area contributed by atoms with Crippen molar-refractivity contribution in [2.24, 2.45) is 0 Å². The second kappa shape index (κ2) is 10.2. The number of rotatable bonds is 9. The monoisotopic (exact) mass is 452 g/mol. The van der Waals surface area contributed by atoms with Gasteiger partial charge in [-0.2, -0.15) is 4.98 Å². The van der Waals surface area contributed by atoms with Crippen molar-refractivity contribution in [1.29, 1.82) is 0 Å². The molecule has 5 N–H and O–H groups in total. The minimum atomic E-state index is -1.56. The minimum Gasteiger partial charge on any atom is -0.501 e. The fraction of sp³-hybridized carbons (Fsp3) is 0.400. The lowest BCUT2D eigenvalue weighted by atomic mass is 10.2. The maximum absolute atomic E-state index is 13.0. The number of nitrogens with zero attached hydrogens (tertiary/aromatic N) is 3. The second-order valence-electron chi connectivity index (χ2n) is 7.16. The number of aromatic nitrogens is 2. The molecule has 1 heterocycles. The highest BCUT2D eigenvalue weighted by molar-refractivity contribution is 5.95. The molecule has 1 aromatic carbocycles. The summed E-state index contributed by atoms with van der Waals surface area (Å²) >= 11 is 0. The molecule has 174 valence electrons. The summed E-state index contributed by atoms with van der Waals surface area (Å²) in [6.45, 7) is 2.61. The normalized spacial score (nSPS) is 13.8. The first kappa shape index (κ1) is 24.8. The lowest BCUT2D eigenvalue weighted by Gasteiger charge is -2.29. The van der Waals surface area contributed by atoms with Gasteiger partial charge in [0, 0.05) is 13.6 Å². The van der Waals surface area contributed by atoms with Crippen LogP contribution in [0.5, 0.6) is 11.6 Å². The van der Waals surface area contributed by atoms with Gasteiger partial charge in [-0.25, -0.2) is 14.2 Å². The summed E-state index contributed by atoms with van der Waals surface area (Å²) in [6, 6.07) is 4.11. The van der Waals surface area contributed by atoms with E-state index in [2.05, 4.69) is 15.3 Å². The number of carbonyl (C=O) groups is 2. The van der Waals surface area contributed by atoms with E-state index in [4.69, 9.17) is 4.74 Å². The third kappa shape index (κ3) is 6.25. The lowest BCUT2D eigenvalue weighted by molar-refractivity contribution is -0.199. The van der Waals surface area contributed by atoms with Crippen LogP contribution in [0.2, 0.25) is 0 Å². The minimum absolute atomic E-state index is 0.0282. The predicted molar refractivity (Wildman–Crippen MR) is 108 cm³/mol. The van der Waals surface area contributed by atoms with E-state index in [1.54, 1.807) is 6.92 Å². The third-order valence-electron chi connectivity index (χ3n) is 4.74. The SMILES string of the molecule is CCC(C)(O)OCC(c1nc(O)c(O)c(C(=O)NCc2ccc(F)cc2)n1)N(C)C(=O)O. The lowest BCUT2D eigenvalue weighted by Crippen LogP contribution is -2.38. The highest BCUT2D eigenvalue weighted by atomic mass is 19.1. The molecule has 0 bridgehead atoms. The number of amides is 2. The van der Waals surface area contributed by atoms with Crippen molar-refractivity contribution in [3.8, 4) is 11.6 Å². The summed E-state index contributed by atoms with van der Waals surface area (Å²) in [6.07, 6.45) is -1.18. The smallest absolute Gasteiger partial charge is 0.407 e. The van der Waals surface area contributed by atoms with Crippen molar-refractivity contribution in [2.75, 3.05) is 13.7 Å². The van der Waals surface area contributed by atoms with Gasteiger partial charge in [-0.15, -0.1) is 0 Å². The molecule has 2 unspecified atom stereocenters. The third-order valence-corrected chi connectivity index (χ3v) is 4.74. The highest BCUT2D eigenvalue weighted by Crippen LogP contribution is 2.29. The number of ether oxygens (including phenoxy) is 1. The van der Waals surface area contributed by atoms with Gasteiger partial charge in [-0.3, -0.25) is 9.69 Å². The van der Waals surface area contributed by atoms with Gasteiger partial charge in [0.2, 0.25) is 5.75 Å². The summed E-state index contributed by atoms with van der Waals surface area (Å²) in [5.74, 6) is -5.06. The fourth-order valence-corrected chi connectivity index (χ4v) is 2.49. The molecule has 2 aromatic rings. The van der Waals surface area contributed by atoms with E-state index in [0.29, 0.717) is 5.56 Å². The Bertz CT molecular complexity index is 969. The molecule has 12 heteroatoms. The highest BCUT2D eigenvalue weighted by Gasteiger charge is 2.31. The van der Waals surface area contributed by atoms with Crippen LogP contribution in [0, 0.1) is 5.82 Å². The molecule has 0 spiro atoms. The summed E-state index contributed by atoms with van der Waals surface area (Å²) in [5, 5.41) is 42.0. The van der Waals surface area contributed by atoms with Crippen LogP contribution in [0.15, 0.2) is 24.3 Å². The summed E-state index contributed by atoms with van der Waals surface area (Å²) < 4.78 is 18.4. The largest absolute Gasteiger partial charge is 0.501 e. The van der Waals surface area contributed by atoms with E-state index in [1.807, 2.05) is 0 Å². The number of aliphatic hydroxyl groups is 1. The zero-order chi connectivity index (χ0) is 24.1. The van der Waals surface area contributed by atoms with Crippen LogP contribution in [0.25, 0.3) is 0 Å². The first-order valence-electron chi connectivity index (χ1n) is 9.59. The van der Waals surface area contributed by atoms with Gasteiger partial charge in [-0.05, 0) is 31.0 Å². The quantitative estimate of drug-likeness (QED) is 0.356. The second-order valence-corrected chi connectivity index (χ2v) is 7.16. The Hall–Kier alpha value is -3.51. The van der Waals surface area contributed by atoms with E-state index in [0.717, 1.165) is 4.90 Å². The van der Waals surface area contributed by atoms with Crippen LogP contribution in [-0.4, -0.2) is 66.7 Å². The zero-order valence-corrected chi connectivity index (χ0v) is 17.7. The molecule has 11 nitrogen and oxygen atoms in total. The maximum atomic E-state index is 13.0. The Kier molecular flexibility index (Phi) is 7.89. The van der Waals surface area contributed by atoms with E-state index in [1.165, 1.54) is 38.2 Å². The molecule has 0 radical (unpaired) electrons. The number of likely N-dealkylation sites (N-methyl/N-ethyl adjacent to an activating group) is 1. The number of halogens is 1. The van der Waals surface area contributed by atoms with Crippen molar-refractivity contribution >= 4 is 12.0 Å². The van der Waals surface area contributed by atoms with E-state index in [9.17, 15) is 34.4 Å². The molecule has 2 amide bonds. The Labute approximate surface area is 183 Å². The Morgan fingerprint density at radius 3 is 2.44 bits per heavy atom. The van der Waals surface area contributed by atoms with Crippen molar-refractivity contribution in [3.63, 3.8) is 0 Å². The molecular formula is C20H25FN4O7. The van der Waals surface area contributed by atoms with Crippen LogP contribution in [0.1, 0.15) is 48.2 Å². The van der Waals surface area contributed by atoms with Crippen LogP contribution in [0.3, 0.4) is 0 Å². The van der Waals surface area contributed by atoms with Crippen LogP contribution >= 0.6 is 0 Å². The number of hydrogen-bond donors (Lipinski definition) is 5. The van der Waals surface area contributed by atoms with Gasteiger partial charge in [-0.1, -0.05) is 19.1 Å². The topological polar surface area (TPSA) is 165 Å². The van der Waals surface area contributed by atoms with Crippen LogP contribution < -0.4 is 5.32 Å². The molecule has 0 aliphatic rings. The standard InChI is InChI=1S/C20H25FN4O7/c1-4-20(2,31)32-10-13(25(3)19(29)30)16-23-14(15(26)18(28)24-16)17(27)22-9-11-5-7-12(21)8-6-11/h5-8,13,26,31H,4,9-10H2,1-3H3,(H,22,27)(H,29,30)(H,23,24,28). The first-order chi connectivity index (χ1) is 14.9. The molecule has 0 aliphatic heterocycles. The molecule has 1 aromatic heterocycles. The number of benzene rings is 1. The number of aromatic hydroxyl groups is 2. The van der Waals surface area contributed by atoms with E-state index in [-0.39, 0.29) is 18.8 Å². The number of carboxylic acid groups (broad SMARTS) is 1. The fourth-order valence-electron chi connectivity index (χ4n) is 2.49. The van der Waals surface area contributed by atoms with Gasteiger partial charge in [0.05, 0.1) is 6.61 Å². The molecular weight excluding hydrogens is 427 g/mol. The molecule has 2 atom stereocenters. The van der Waals surface area contributed by atoms with E-state index < -0.39 is 53.6 Å². The predicted octanol–water partition coefficient (Wildman–Crippen LogP) is 1.74. The van der Waals surface area contributed by atoms with Crippen molar-refractivity contribution < 1.29 is 39.1 Å². The Morgan fingerprint density at radius 1 is 1.25 bits per heavy atom. The average Bonchev–Trinajstić information content (AvgIpc) is 2.75. The average molecular weight is 452 g/mol. The van der Waals surface area contributed by atoms with Gasteiger partial charge >= 0.3 is 6.09 Å².